The summed E-state index contributed by atoms with van der Waals surface area (Å²) in [7, 11) is 1.53. The maximum atomic E-state index is 8.81. The van der Waals surface area contributed by atoms with Gasteiger partial charge in [-0.2, -0.15) is 10.5 Å². The van der Waals surface area contributed by atoms with Crippen molar-refractivity contribution >= 4 is 5.57 Å². The van der Waals surface area contributed by atoms with Crippen LogP contribution in [-0.4, -0.2) is 7.11 Å². The largest absolute Gasteiger partial charge is 0.496 e. The molecule has 14 heavy (non-hydrogen) atoms. The van der Waals surface area contributed by atoms with Crippen molar-refractivity contribution in [2.45, 2.75) is 0 Å². The van der Waals surface area contributed by atoms with Crippen LogP contribution in [0.2, 0.25) is 0 Å². The lowest BCUT2D eigenvalue weighted by Crippen LogP contribution is -1.89. The lowest BCUT2D eigenvalue weighted by Gasteiger charge is -2.05. The molecule has 0 bridgehead atoms. The second-order valence-corrected chi connectivity index (χ2v) is 2.50. The van der Waals surface area contributed by atoms with E-state index in [1.807, 2.05) is 18.2 Å². The van der Waals surface area contributed by atoms with Crippen LogP contribution in [0, 0.1) is 22.7 Å². The van der Waals surface area contributed by atoms with Gasteiger partial charge in [-0.3, -0.25) is 0 Å². The average Bonchev–Trinajstić information content (AvgIpc) is 2.26. The molecule has 0 saturated heterocycles. The molecule has 0 amide bonds. The number of hydrogen-bond acceptors (Lipinski definition) is 3. The van der Waals surface area contributed by atoms with Crippen molar-refractivity contribution < 1.29 is 4.74 Å². The summed E-state index contributed by atoms with van der Waals surface area (Å²) in [5.74, 6) is 0.593. The smallest absolute Gasteiger partial charge is 0.127 e. The van der Waals surface area contributed by atoms with Gasteiger partial charge in [-0.05, 0) is 12.1 Å². The fourth-order valence-electron chi connectivity index (χ4n) is 1.10. The molecule has 0 N–H and O–H groups in total. The zero-order valence-electron chi connectivity index (χ0n) is 7.69. The number of rotatable bonds is 2. The predicted molar refractivity (Wildman–Crippen MR) is 52.2 cm³/mol. The van der Waals surface area contributed by atoms with E-state index in [4.69, 9.17) is 15.3 Å². The highest BCUT2D eigenvalue weighted by Gasteiger charge is 2.06. The van der Waals surface area contributed by atoms with Gasteiger partial charge in [0, 0.05) is 11.6 Å². The number of methoxy groups -OCH3 is 1. The molecule has 0 saturated carbocycles. The van der Waals surface area contributed by atoms with Crippen LogP contribution >= 0.6 is 0 Å². The average molecular weight is 184 g/mol. The molecule has 1 aromatic carbocycles. The first-order valence-electron chi connectivity index (χ1n) is 3.96. The normalized spacial score (nSPS) is 10.1. The molecule has 0 atom stereocenters. The monoisotopic (exact) mass is 184 g/mol. The highest BCUT2D eigenvalue weighted by Crippen LogP contribution is 2.24. The fraction of sp³-hybridized carbons (Fsp3) is 0.0909. The Hall–Kier alpha value is -2.26. The summed E-state index contributed by atoms with van der Waals surface area (Å²) in [6, 6.07) is 10.9. The van der Waals surface area contributed by atoms with Gasteiger partial charge < -0.3 is 4.74 Å². The molecular weight excluding hydrogens is 176 g/mol. The molecule has 3 nitrogen and oxygen atoms in total. The Labute approximate surface area is 82.5 Å². The van der Waals surface area contributed by atoms with E-state index in [0.29, 0.717) is 16.9 Å². The van der Waals surface area contributed by atoms with Crippen LogP contribution < -0.4 is 4.74 Å². The van der Waals surface area contributed by atoms with Crippen LogP contribution in [0.3, 0.4) is 0 Å². The topological polar surface area (TPSA) is 56.8 Å². The van der Waals surface area contributed by atoms with E-state index in [2.05, 4.69) is 0 Å². The number of benzene rings is 1. The van der Waals surface area contributed by atoms with E-state index in [9.17, 15) is 0 Å². The molecule has 0 aliphatic rings. The maximum absolute atomic E-state index is 8.81. The maximum Gasteiger partial charge on any atom is 0.127 e. The predicted octanol–water partition coefficient (Wildman–Crippen LogP) is 2.13. The molecule has 1 aromatic rings. The standard InChI is InChI=1S/C11H8N2O/c1-14-11-5-3-2-4-10(11)9(8-13)6-7-12/h2-6H,1H3/b9-6+. The Morgan fingerprint density at radius 2 is 2.07 bits per heavy atom. The molecule has 0 aromatic heterocycles. The lowest BCUT2D eigenvalue weighted by atomic mass is 10.1. The molecule has 0 fully saturated rings. The van der Waals surface area contributed by atoms with Gasteiger partial charge in [-0.25, -0.2) is 0 Å². The number of hydrogen-bond donors (Lipinski definition) is 0. The van der Waals surface area contributed by atoms with E-state index < -0.39 is 0 Å². The summed E-state index contributed by atoms with van der Waals surface area (Å²) in [6.07, 6.45) is 1.21. The fourth-order valence-corrected chi connectivity index (χ4v) is 1.10. The third-order valence-electron chi connectivity index (χ3n) is 1.73. The first-order valence-corrected chi connectivity index (χ1v) is 3.96. The molecule has 3 heteroatoms. The molecule has 0 radical (unpaired) electrons. The van der Waals surface area contributed by atoms with E-state index >= 15 is 0 Å². The third kappa shape index (κ3) is 1.91. The first-order chi connectivity index (χ1) is 6.83. The molecule has 0 heterocycles. The molecule has 0 aliphatic carbocycles. The highest BCUT2D eigenvalue weighted by atomic mass is 16.5. The summed E-state index contributed by atoms with van der Waals surface area (Å²) in [4.78, 5) is 0. The Balaban J connectivity index is 3.26. The molecule has 0 spiro atoms. The third-order valence-corrected chi connectivity index (χ3v) is 1.73. The van der Waals surface area contributed by atoms with Gasteiger partial charge in [0.15, 0.2) is 0 Å². The van der Waals surface area contributed by atoms with Gasteiger partial charge in [0.2, 0.25) is 0 Å². The minimum Gasteiger partial charge on any atom is -0.496 e. The number of allylic oxidation sites excluding steroid dienone is 2. The quantitative estimate of drug-likeness (QED) is 0.661. The van der Waals surface area contributed by atoms with E-state index in [-0.39, 0.29) is 0 Å². The van der Waals surface area contributed by atoms with Crippen molar-refractivity contribution in [1.29, 1.82) is 10.5 Å². The van der Waals surface area contributed by atoms with Crippen LogP contribution in [0.1, 0.15) is 5.56 Å². The van der Waals surface area contributed by atoms with Gasteiger partial charge in [0.25, 0.3) is 0 Å². The Kier molecular flexibility index (Phi) is 3.29. The van der Waals surface area contributed by atoms with E-state index in [0.717, 1.165) is 0 Å². The van der Waals surface area contributed by atoms with Gasteiger partial charge in [-0.15, -0.1) is 0 Å². The van der Waals surface area contributed by atoms with Gasteiger partial charge >= 0.3 is 0 Å². The van der Waals surface area contributed by atoms with Crippen molar-refractivity contribution in [1.82, 2.24) is 0 Å². The number of nitriles is 2. The molecule has 0 aliphatic heterocycles. The van der Waals surface area contributed by atoms with E-state index in [1.54, 1.807) is 18.2 Å². The first kappa shape index (κ1) is 9.83. The van der Waals surface area contributed by atoms with Crippen molar-refractivity contribution in [3.63, 3.8) is 0 Å². The summed E-state index contributed by atoms with van der Waals surface area (Å²) in [6.45, 7) is 0. The summed E-state index contributed by atoms with van der Waals surface area (Å²) in [5.41, 5.74) is 0.948. The molecular formula is C11H8N2O. The van der Waals surface area contributed by atoms with Gasteiger partial charge in [0.1, 0.15) is 11.8 Å². The number of nitrogens with zero attached hydrogens (tertiary/aromatic N) is 2. The van der Waals surface area contributed by atoms with Gasteiger partial charge in [-0.1, -0.05) is 12.1 Å². The van der Waals surface area contributed by atoms with Crippen molar-refractivity contribution in [2.75, 3.05) is 7.11 Å². The van der Waals surface area contributed by atoms with Crippen molar-refractivity contribution in [2.24, 2.45) is 0 Å². The highest BCUT2D eigenvalue weighted by molar-refractivity contribution is 5.81. The van der Waals surface area contributed by atoms with Crippen molar-refractivity contribution in [3.8, 4) is 17.9 Å². The number of para-hydroxylation sites is 1. The molecule has 0 unspecified atom stereocenters. The summed E-state index contributed by atoms with van der Waals surface area (Å²) in [5, 5.41) is 17.3. The van der Waals surface area contributed by atoms with Crippen LogP contribution in [0.5, 0.6) is 5.75 Å². The number of ether oxygens (including phenoxy) is 1. The Morgan fingerprint density at radius 3 is 2.64 bits per heavy atom. The van der Waals surface area contributed by atoms with Crippen LogP contribution in [-0.2, 0) is 0 Å². The summed E-state index contributed by atoms with van der Waals surface area (Å²) < 4.78 is 5.07. The zero-order chi connectivity index (χ0) is 10.4. The van der Waals surface area contributed by atoms with Crippen LogP contribution in [0.25, 0.3) is 5.57 Å². The lowest BCUT2D eigenvalue weighted by molar-refractivity contribution is 0.413. The van der Waals surface area contributed by atoms with Gasteiger partial charge in [0.05, 0.1) is 18.8 Å². The summed E-state index contributed by atoms with van der Waals surface area (Å²) >= 11 is 0. The van der Waals surface area contributed by atoms with Crippen LogP contribution in [0.15, 0.2) is 30.3 Å². The minimum absolute atomic E-state index is 0.310. The van der Waals surface area contributed by atoms with Crippen LogP contribution in [0.4, 0.5) is 0 Å². The molecule has 68 valence electrons. The minimum atomic E-state index is 0.310. The zero-order valence-corrected chi connectivity index (χ0v) is 7.69. The Morgan fingerprint density at radius 1 is 1.36 bits per heavy atom. The second-order valence-electron chi connectivity index (χ2n) is 2.50. The van der Waals surface area contributed by atoms with Crippen molar-refractivity contribution in [3.05, 3.63) is 35.9 Å². The molecule has 1 rings (SSSR count). The SMILES string of the molecule is COc1ccccc1/C(C#N)=C/C#N. The van der Waals surface area contributed by atoms with E-state index in [1.165, 1.54) is 13.2 Å². The Bertz CT molecular complexity index is 435. The second kappa shape index (κ2) is 4.69.